The van der Waals surface area contributed by atoms with Crippen molar-refractivity contribution in [1.29, 1.82) is 0 Å². The predicted octanol–water partition coefficient (Wildman–Crippen LogP) is 1.83. The van der Waals surface area contributed by atoms with Crippen molar-refractivity contribution in [2.24, 2.45) is 0 Å². The molecule has 0 saturated heterocycles. The molecule has 1 aromatic carbocycles. The molecule has 7 nitrogen and oxygen atoms in total. The highest BCUT2D eigenvalue weighted by atomic mass is 32.2. The molecule has 20 heavy (non-hydrogen) atoms. The van der Waals surface area contributed by atoms with Crippen molar-refractivity contribution in [3.63, 3.8) is 0 Å². The summed E-state index contributed by atoms with van der Waals surface area (Å²) in [5, 5.41) is 6.63. The molecule has 0 bridgehead atoms. The van der Waals surface area contributed by atoms with Gasteiger partial charge in [-0.15, -0.1) is 0 Å². The lowest BCUT2D eigenvalue weighted by molar-refractivity contribution is 0.413. The van der Waals surface area contributed by atoms with E-state index in [0.717, 1.165) is 10.2 Å². The molecular formula is C11H10N4O3S2. The number of aromatic amines is 1. The molecule has 0 amide bonds. The van der Waals surface area contributed by atoms with Crippen LogP contribution in [0, 0.1) is 0 Å². The first-order valence-electron chi connectivity index (χ1n) is 5.55. The maximum atomic E-state index is 12.1. The summed E-state index contributed by atoms with van der Waals surface area (Å²) in [6, 6.07) is 5.11. The lowest BCUT2D eigenvalue weighted by atomic mass is 10.3. The third kappa shape index (κ3) is 2.32. The van der Waals surface area contributed by atoms with Gasteiger partial charge in [-0.05, 0) is 18.2 Å². The van der Waals surface area contributed by atoms with Crippen molar-refractivity contribution in [1.82, 2.24) is 15.2 Å². The fourth-order valence-corrected chi connectivity index (χ4v) is 3.43. The van der Waals surface area contributed by atoms with Crippen LogP contribution >= 0.6 is 11.3 Å². The average molecular weight is 310 g/mol. The largest absolute Gasteiger partial charge is 0.473 e. The monoisotopic (exact) mass is 310 g/mol. The van der Waals surface area contributed by atoms with Crippen LogP contribution in [0.2, 0.25) is 0 Å². The van der Waals surface area contributed by atoms with Crippen LogP contribution in [0.5, 0.6) is 5.19 Å². The number of methoxy groups -OCH3 is 1. The fraction of sp³-hybridized carbons (Fsp3) is 0.0909. The highest BCUT2D eigenvalue weighted by Gasteiger charge is 2.15. The van der Waals surface area contributed by atoms with Gasteiger partial charge in [-0.3, -0.25) is 9.82 Å². The van der Waals surface area contributed by atoms with E-state index in [2.05, 4.69) is 19.9 Å². The van der Waals surface area contributed by atoms with Gasteiger partial charge in [0.2, 0.25) is 0 Å². The Morgan fingerprint density at radius 2 is 2.25 bits per heavy atom. The SMILES string of the molecule is COc1nc2ccc(NS(=O)(=O)c3cn[nH]c3)cc2s1. The van der Waals surface area contributed by atoms with Gasteiger partial charge in [-0.25, -0.2) is 13.4 Å². The van der Waals surface area contributed by atoms with Gasteiger partial charge in [-0.2, -0.15) is 5.10 Å². The molecule has 9 heteroatoms. The second-order valence-electron chi connectivity index (χ2n) is 3.91. The Morgan fingerprint density at radius 3 is 2.95 bits per heavy atom. The molecule has 0 radical (unpaired) electrons. The van der Waals surface area contributed by atoms with Crippen molar-refractivity contribution in [2.75, 3.05) is 11.8 Å². The number of fused-ring (bicyclic) bond motifs is 1. The first kappa shape index (κ1) is 12.9. The molecule has 3 rings (SSSR count). The van der Waals surface area contributed by atoms with E-state index in [0.29, 0.717) is 10.9 Å². The summed E-state index contributed by atoms with van der Waals surface area (Å²) in [5.41, 5.74) is 1.23. The molecule has 0 aliphatic heterocycles. The van der Waals surface area contributed by atoms with Gasteiger partial charge in [0, 0.05) is 6.20 Å². The lowest BCUT2D eigenvalue weighted by Crippen LogP contribution is -2.11. The van der Waals surface area contributed by atoms with E-state index >= 15 is 0 Å². The quantitative estimate of drug-likeness (QED) is 0.766. The number of hydrogen-bond acceptors (Lipinski definition) is 6. The number of anilines is 1. The number of H-pyrrole nitrogens is 1. The molecule has 0 aliphatic rings. The van der Waals surface area contributed by atoms with Crippen LogP contribution in [-0.4, -0.2) is 30.7 Å². The lowest BCUT2D eigenvalue weighted by Gasteiger charge is -2.05. The Morgan fingerprint density at radius 1 is 1.40 bits per heavy atom. The van der Waals surface area contributed by atoms with Crippen molar-refractivity contribution >= 4 is 37.3 Å². The summed E-state index contributed by atoms with van der Waals surface area (Å²) in [7, 11) is -2.09. The highest BCUT2D eigenvalue weighted by Crippen LogP contribution is 2.30. The molecular weight excluding hydrogens is 300 g/mol. The van der Waals surface area contributed by atoms with E-state index in [1.807, 2.05) is 0 Å². The van der Waals surface area contributed by atoms with Gasteiger partial charge in [0.25, 0.3) is 15.2 Å². The Balaban J connectivity index is 1.95. The van der Waals surface area contributed by atoms with E-state index < -0.39 is 10.0 Å². The van der Waals surface area contributed by atoms with Gasteiger partial charge in [0.05, 0.1) is 29.2 Å². The molecule has 0 fully saturated rings. The van der Waals surface area contributed by atoms with Crippen molar-refractivity contribution in [2.45, 2.75) is 4.90 Å². The van der Waals surface area contributed by atoms with Crippen LogP contribution in [0.25, 0.3) is 10.2 Å². The number of aromatic nitrogens is 3. The Kier molecular flexibility index (Phi) is 3.07. The number of nitrogens with one attached hydrogen (secondary N) is 2. The van der Waals surface area contributed by atoms with Crippen molar-refractivity contribution in [3.8, 4) is 5.19 Å². The Hall–Kier alpha value is -2.13. The van der Waals surface area contributed by atoms with Crippen molar-refractivity contribution < 1.29 is 13.2 Å². The Bertz CT molecular complexity index is 840. The molecule has 3 aromatic rings. The van der Waals surface area contributed by atoms with E-state index in [1.165, 1.54) is 23.7 Å². The van der Waals surface area contributed by atoms with Crippen LogP contribution in [0.15, 0.2) is 35.5 Å². The fourth-order valence-electron chi connectivity index (χ4n) is 1.65. The highest BCUT2D eigenvalue weighted by molar-refractivity contribution is 7.92. The normalized spacial score (nSPS) is 11.7. The van der Waals surface area contributed by atoms with Gasteiger partial charge in [0.1, 0.15) is 4.90 Å². The number of rotatable bonds is 4. The van der Waals surface area contributed by atoms with Crippen LogP contribution in [0.4, 0.5) is 5.69 Å². The van der Waals surface area contributed by atoms with E-state index in [4.69, 9.17) is 4.74 Å². The molecule has 2 heterocycles. The summed E-state index contributed by atoms with van der Waals surface area (Å²) < 4.78 is 32.5. The number of benzene rings is 1. The zero-order valence-corrected chi connectivity index (χ0v) is 12.0. The summed E-state index contributed by atoms with van der Waals surface area (Å²) in [5.74, 6) is 0. The molecule has 0 spiro atoms. The number of sulfonamides is 1. The maximum Gasteiger partial charge on any atom is 0.274 e. The van der Waals surface area contributed by atoms with E-state index in [9.17, 15) is 8.42 Å². The first-order valence-corrected chi connectivity index (χ1v) is 7.84. The number of nitrogens with zero attached hydrogens (tertiary/aromatic N) is 2. The average Bonchev–Trinajstić information content (AvgIpc) is 3.07. The van der Waals surface area contributed by atoms with E-state index in [1.54, 1.807) is 25.3 Å². The maximum absolute atomic E-state index is 12.1. The molecule has 2 N–H and O–H groups in total. The van der Waals surface area contributed by atoms with Gasteiger partial charge in [0.15, 0.2) is 0 Å². The Labute approximate surface area is 118 Å². The second kappa shape index (κ2) is 4.76. The van der Waals surface area contributed by atoms with Crippen molar-refractivity contribution in [3.05, 3.63) is 30.6 Å². The summed E-state index contributed by atoms with van der Waals surface area (Å²) >= 11 is 1.35. The number of thiazole rings is 1. The van der Waals surface area contributed by atoms with E-state index in [-0.39, 0.29) is 4.90 Å². The third-order valence-electron chi connectivity index (χ3n) is 2.58. The molecule has 0 unspecified atom stereocenters. The molecule has 0 atom stereocenters. The minimum atomic E-state index is -3.63. The van der Waals surface area contributed by atoms with Gasteiger partial charge in [-0.1, -0.05) is 11.3 Å². The zero-order chi connectivity index (χ0) is 14.2. The van der Waals surface area contributed by atoms with Crippen LogP contribution in [0.1, 0.15) is 0 Å². The topological polar surface area (TPSA) is 97.0 Å². The van der Waals surface area contributed by atoms with Gasteiger partial charge >= 0.3 is 0 Å². The third-order valence-corrected chi connectivity index (χ3v) is 4.91. The standard InChI is InChI=1S/C11H10N4O3S2/c1-18-11-14-9-3-2-7(4-10(9)19-11)15-20(16,17)8-5-12-13-6-8/h2-6,15H,1H3,(H,12,13). The summed E-state index contributed by atoms with van der Waals surface area (Å²) in [6.45, 7) is 0. The molecule has 2 aromatic heterocycles. The minimum Gasteiger partial charge on any atom is -0.473 e. The first-order chi connectivity index (χ1) is 9.58. The number of ether oxygens (including phenoxy) is 1. The van der Waals surface area contributed by atoms with Gasteiger partial charge < -0.3 is 4.74 Å². The minimum absolute atomic E-state index is 0.0829. The molecule has 0 saturated carbocycles. The van der Waals surface area contributed by atoms with Crippen LogP contribution < -0.4 is 9.46 Å². The zero-order valence-electron chi connectivity index (χ0n) is 10.3. The number of hydrogen-bond donors (Lipinski definition) is 2. The molecule has 0 aliphatic carbocycles. The van der Waals surface area contributed by atoms with Crippen LogP contribution in [0.3, 0.4) is 0 Å². The smallest absolute Gasteiger partial charge is 0.274 e. The molecule has 104 valence electrons. The van der Waals surface area contributed by atoms with Crippen LogP contribution in [-0.2, 0) is 10.0 Å². The summed E-state index contributed by atoms with van der Waals surface area (Å²) in [6.07, 6.45) is 2.56. The second-order valence-corrected chi connectivity index (χ2v) is 6.58. The predicted molar refractivity (Wildman–Crippen MR) is 75.6 cm³/mol. The summed E-state index contributed by atoms with van der Waals surface area (Å²) in [4.78, 5) is 4.31.